The lowest BCUT2D eigenvalue weighted by molar-refractivity contribution is 0.195. The van der Waals surface area contributed by atoms with E-state index in [0.29, 0.717) is 5.75 Å². The van der Waals surface area contributed by atoms with E-state index in [9.17, 15) is 4.79 Å². The van der Waals surface area contributed by atoms with Gasteiger partial charge in [0, 0.05) is 6.54 Å². The predicted molar refractivity (Wildman–Crippen MR) is 56.9 cm³/mol. The SMILES string of the molecule is CCc1ccccc1OC(=O)NCCO. The number of aryl methyl sites for hydroxylation is 1. The van der Waals surface area contributed by atoms with Gasteiger partial charge in [-0.25, -0.2) is 4.79 Å². The number of nitrogens with one attached hydrogen (secondary N) is 1. The second-order valence-electron chi connectivity index (χ2n) is 3.00. The fourth-order valence-electron chi connectivity index (χ4n) is 1.19. The largest absolute Gasteiger partial charge is 0.412 e. The summed E-state index contributed by atoms with van der Waals surface area (Å²) in [7, 11) is 0. The fourth-order valence-corrected chi connectivity index (χ4v) is 1.19. The molecule has 0 unspecified atom stereocenters. The van der Waals surface area contributed by atoms with Crippen LogP contribution >= 0.6 is 0 Å². The van der Waals surface area contributed by atoms with Gasteiger partial charge in [0.15, 0.2) is 0 Å². The number of hydrogen-bond acceptors (Lipinski definition) is 3. The predicted octanol–water partition coefficient (Wildman–Crippen LogP) is 1.33. The number of aliphatic hydroxyl groups is 1. The molecule has 0 saturated carbocycles. The molecule has 0 aromatic heterocycles. The third kappa shape index (κ3) is 3.59. The Hall–Kier alpha value is -1.55. The van der Waals surface area contributed by atoms with Gasteiger partial charge in [0.05, 0.1) is 6.61 Å². The van der Waals surface area contributed by atoms with E-state index in [4.69, 9.17) is 9.84 Å². The molecule has 2 N–H and O–H groups in total. The lowest BCUT2D eigenvalue weighted by atomic mass is 10.1. The molecule has 0 radical (unpaired) electrons. The van der Waals surface area contributed by atoms with Gasteiger partial charge in [-0.3, -0.25) is 0 Å². The summed E-state index contributed by atoms with van der Waals surface area (Å²) in [6, 6.07) is 7.37. The van der Waals surface area contributed by atoms with Gasteiger partial charge in [-0.05, 0) is 18.1 Å². The molecule has 0 aliphatic heterocycles. The zero-order valence-electron chi connectivity index (χ0n) is 8.69. The minimum absolute atomic E-state index is 0.0927. The summed E-state index contributed by atoms with van der Waals surface area (Å²) in [5.41, 5.74) is 0.983. The standard InChI is InChI=1S/C11H15NO3/c1-2-9-5-3-4-6-10(9)15-11(14)12-7-8-13/h3-6,13H,2,7-8H2,1H3,(H,12,14). The molecule has 0 bridgehead atoms. The Kier molecular flexibility index (Phi) is 4.63. The van der Waals surface area contributed by atoms with Gasteiger partial charge in [0.1, 0.15) is 5.75 Å². The Morgan fingerprint density at radius 1 is 1.47 bits per heavy atom. The molecule has 82 valence electrons. The van der Waals surface area contributed by atoms with Crippen molar-refractivity contribution in [3.63, 3.8) is 0 Å². The molecule has 0 spiro atoms. The summed E-state index contributed by atoms with van der Waals surface area (Å²) in [4.78, 5) is 11.2. The highest BCUT2D eigenvalue weighted by molar-refractivity contribution is 5.70. The smallest absolute Gasteiger partial charge is 0.410 e. The molecule has 0 aliphatic carbocycles. The van der Waals surface area contributed by atoms with Crippen molar-refractivity contribution in [1.29, 1.82) is 0 Å². The monoisotopic (exact) mass is 209 g/mol. The van der Waals surface area contributed by atoms with Crippen molar-refractivity contribution in [2.45, 2.75) is 13.3 Å². The van der Waals surface area contributed by atoms with Crippen molar-refractivity contribution in [2.75, 3.05) is 13.2 Å². The Bertz CT molecular complexity index is 325. The molecule has 0 saturated heterocycles. The molecule has 4 heteroatoms. The summed E-state index contributed by atoms with van der Waals surface area (Å²) in [6.07, 6.45) is 0.272. The highest BCUT2D eigenvalue weighted by atomic mass is 16.6. The first-order valence-electron chi connectivity index (χ1n) is 4.92. The van der Waals surface area contributed by atoms with Crippen LogP contribution in [0.3, 0.4) is 0 Å². The minimum Gasteiger partial charge on any atom is -0.410 e. The fraction of sp³-hybridized carbons (Fsp3) is 0.364. The van der Waals surface area contributed by atoms with Crippen LogP contribution in [-0.2, 0) is 6.42 Å². The van der Waals surface area contributed by atoms with Crippen LogP contribution < -0.4 is 10.1 Å². The molecule has 0 fully saturated rings. The zero-order chi connectivity index (χ0) is 11.1. The van der Waals surface area contributed by atoms with Gasteiger partial charge in [-0.15, -0.1) is 0 Å². The van der Waals surface area contributed by atoms with Crippen molar-refractivity contribution in [2.24, 2.45) is 0 Å². The Balaban J connectivity index is 2.59. The molecule has 15 heavy (non-hydrogen) atoms. The highest BCUT2D eigenvalue weighted by Gasteiger charge is 2.06. The molecular formula is C11H15NO3. The van der Waals surface area contributed by atoms with Crippen LogP contribution in [0.25, 0.3) is 0 Å². The van der Waals surface area contributed by atoms with Gasteiger partial charge in [0.2, 0.25) is 0 Å². The average Bonchev–Trinajstić information content (AvgIpc) is 2.27. The molecule has 1 aromatic carbocycles. The van der Waals surface area contributed by atoms with Crippen molar-refractivity contribution in [1.82, 2.24) is 5.32 Å². The molecular weight excluding hydrogens is 194 g/mol. The number of benzene rings is 1. The van der Waals surface area contributed by atoms with Crippen LogP contribution in [0.1, 0.15) is 12.5 Å². The maximum Gasteiger partial charge on any atom is 0.412 e. The summed E-state index contributed by atoms with van der Waals surface area (Å²) in [6.45, 7) is 2.10. The van der Waals surface area contributed by atoms with E-state index >= 15 is 0 Å². The van der Waals surface area contributed by atoms with Gasteiger partial charge >= 0.3 is 6.09 Å². The summed E-state index contributed by atoms with van der Waals surface area (Å²) in [5.74, 6) is 0.565. The van der Waals surface area contributed by atoms with Crippen LogP contribution in [0.2, 0.25) is 0 Å². The van der Waals surface area contributed by atoms with Crippen LogP contribution in [0, 0.1) is 0 Å². The van der Waals surface area contributed by atoms with Crippen molar-refractivity contribution < 1.29 is 14.6 Å². The average molecular weight is 209 g/mol. The molecule has 0 atom stereocenters. The van der Waals surface area contributed by atoms with Gasteiger partial charge in [-0.1, -0.05) is 25.1 Å². The maximum atomic E-state index is 11.2. The summed E-state index contributed by atoms with van der Waals surface area (Å²) < 4.78 is 5.08. The van der Waals surface area contributed by atoms with Crippen molar-refractivity contribution in [3.8, 4) is 5.75 Å². The first-order valence-corrected chi connectivity index (χ1v) is 4.92. The third-order valence-electron chi connectivity index (χ3n) is 1.94. The van der Waals surface area contributed by atoms with E-state index in [1.54, 1.807) is 6.07 Å². The first kappa shape index (κ1) is 11.5. The number of carbonyl (C=O) groups is 1. The Morgan fingerprint density at radius 2 is 2.20 bits per heavy atom. The number of hydrogen-bond donors (Lipinski definition) is 2. The lowest BCUT2D eigenvalue weighted by Crippen LogP contribution is -2.29. The lowest BCUT2D eigenvalue weighted by Gasteiger charge is -2.08. The third-order valence-corrected chi connectivity index (χ3v) is 1.94. The van der Waals surface area contributed by atoms with E-state index in [0.717, 1.165) is 12.0 Å². The van der Waals surface area contributed by atoms with Gasteiger partial charge < -0.3 is 15.2 Å². The number of rotatable bonds is 4. The number of amides is 1. The number of ether oxygens (including phenoxy) is 1. The van der Waals surface area contributed by atoms with E-state index in [1.165, 1.54) is 0 Å². The van der Waals surface area contributed by atoms with Crippen LogP contribution in [0.5, 0.6) is 5.75 Å². The van der Waals surface area contributed by atoms with Crippen molar-refractivity contribution in [3.05, 3.63) is 29.8 Å². The molecule has 4 nitrogen and oxygen atoms in total. The summed E-state index contributed by atoms with van der Waals surface area (Å²) in [5, 5.41) is 10.9. The second-order valence-corrected chi connectivity index (χ2v) is 3.00. The summed E-state index contributed by atoms with van der Waals surface area (Å²) >= 11 is 0. The van der Waals surface area contributed by atoms with Gasteiger partial charge in [0.25, 0.3) is 0 Å². The Morgan fingerprint density at radius 3 is 2.87 bits per heavy atom. The number of carbonyl (C=O) groups excluding carboxylic acids is 1. The molecule has 1 amide bonds. The van der Waals surface area contributed by atoms with Crippen LogP contribution in [-0.4, -0.2) is 24.4 Å². The van der Waals surface area contributed by atoms with E-state index in [-0.39, 0.29) is 13.2 Å². The normalized spacial score (nSPS) is 9.73. The zero-order valence-corrected chi connectivity index (χ0v) is 8.69. The first-order chi connectivity index (χ1) is 7.27. The second kappa shape index (κ2) is 6.03. The van der Waals surface area contributed by atoms with E-state index < -0.39 is 6.09 Å². The Labute approximate surface area is 88.9 Å². The van der Waals surface area contributed by atoms with Crippen LogP contribution in [0.4, 0.5) is 4.79 Å². The molecule has 0 aliphatic rings. The maximum absolute atomic E-state index is 11.2. The quantitative estimate of drug-likeness (QED) is 0.786. The van der Waals surface area contributed by atoms with E-state index in [2.05, 4.69) is 5.32 Å². The van der Waals surface area contributed by atoms with Gasteiger partial charge in [-0.2, -0.15) is 0 Å². The van der Waals surface area contributed by atoms with E-state index in [1.807, 2.05) is 25.1 Å². The van der Waals surface area contributed by atoms with Crippen LogP contribution in [0.15, 0.2) is 24.3 Å². The number of aliphatic hydroxyl groups excluding tert-OH is 1. The topological polar surface area (TPSA) is 58.6 Å². The molecule has 0 heterocycles. The molecule has 1 rings (SSSR count). The number of para-hydroxylation sites is 1. The minimum atomic E-state index is -0.537. The molecule has 1 aromatic rings. The van der Waals surface area contributed by atoms with Crippen molar-refractivity contribution >= 4 is 6.09 Å². The highest BCUT2D eigenvalue weighted by Crippen LogP contribution is 2.18.